The van der Waals surface area contributed by atoms with Gasteiger partial charge in [-0.1, -0.05) is 25.6 Å². The van der Waals surface area contributed by atoms with Gasteiger partial charge in [0, 0.05) is 37.2 Å². The third-order valence-corrected chi connectivity index (χ3v) is 4.58. The van der Waals surface area contributed by atoms with Crippen LogP contribution < -0.4 is 10.6 Å². The molecule has 0 aliphatic heterocycles. The third kappa shape index (κ3) is 6.82. The summed E-state index contributed by atoms with van der Waals surface area (Å²) in [7, 11) is 0. The van der Waals surface area contributed by atoms with E-state index in [0.717, 1.165) is 16.9 Å². The third-order valence-electron chi connectivity index (χ3n) is 3.53. The molecule has 0 bridgehead atoms. The van der Waals surface area contributed by atoms with Crippen molar-refractivity contribution < 1.29 is 9.53 Å². The molecular formula is C17H27ClN6O2S. The number of hydrogen-bond donors (Lipinski definition) is 2. The van der Waals surface area contributed by atoms with Crippen molar-refractivity contribution in [1.82, 2.24) is 25.1 Å². The van der Waals surface area contributed by atoms with Gasteiger partial charge in [-0.2, -0.15) is 5.10 Å². The average Bonchev–Trinajstić information content (AvgIpc) is 3.01. The molecule has 0 fully saturated rings. The molecule has 0 radical (unpaired) electrons. The standard InChI is InChI=1S/C17H27ClN6O2S/c1-4-26-10-8-20-15-13-11-21-24(9-7-19-14(25)5-6-18)16(13)23-17(22-15)27-12(2)3/h11-12H,4-10H2,1-3H3,(H,19,25)(H,20,22,23). The second-order valence-corrected chi connectivity index (χ2v) is 7.96. The Balaban J connectivity index is 2.17. The quantitative estimate of drug-likeness (QED) is 0.238. The molecule has 2 heterocycles. The van der Waals surface area contributed by atoms with E-state index in [1.807, 2.05) is 6.92 Å². The molecule has 0 spiro atoms. The Labute approximate surface area is 168 Å². The van der Waals surface area contributed by atoms with Crippen molar-refractivity contribution in [3.05, 3.63) is 6.20 Å². The molecule has 2 aromatic heterocycles. The zero-order valence-electron chi connectivity index (χ0n) is 16.0. The smallest absolute Gasteiger partial charge is 0.221 e. The minimum atomic E-state index is -0.0644. The molecule has 8 nitrogen and oxygen atoms in total. The van der Waals surface area contributed by atoms with Crippen LogP contribution in [-0.4, -0.2) is 63.1 Å². The minimum Gasteiger partial charge on any atom is -0.380 e. The molecule has 0 atom stereocenters. The Bertz CT molecular complexity index is 740. The van der Waals surface area contributed by atoms with Gasteiger partial charge < -0.3 is 15.4 Å². The molecule has 2 aromatic rings. The number of nitrogens with one attached hydrogen (secondary N) is 2. The first-order valence-electron chi connectivity index (χ1n) is 9.09. The summed E-state index contributed by atoms with van der Waals surface area (Å²) in [4.78, 5) is 20.9. The zero-order valence-corrected chi connectivity index (χ0v) is 17.6. The number of amides is 1. The number of anilines is 1. The molecule has 27 heavy (non-hydrogen) atoms. The van der Waals surface area contributed by atoms with Crippen molar-refractivity contribution in [1.29, 1.82) is 0 Å². The van der Waals surface area contributed by atoms with Crippen molar-refractivity contribution in [2.75, 3.05) is 37.5 Å². The van der Waals surface area contributed by atoms with Gasteiger partial charge in [0.15, 0.2) is 10.8 Å². The van der Waals surface area contributed by atoms with Crippen LogP contribution in [0.25, 0.3) is 11.0 Å². The van der Waals surface area contributed by atoms with Gasteiger partial charge in [-0.25, -0.2) is 14.6 Å². The Morgan fingerprint density at radius 2 is 2.19 bits per heavy atom. The SMILES string of the molecule is CCOCCNc1nc(SC(C)C)nc2c1cnn2CCNC(=O)CCCl. The lowest BCUT2D eigenvalue weighted by atomic mass is 10.4. The molecule has 2 rings (SSSR count). The lowest BCUT2D eigenvalue weighted by Gasteiger charge is -2.11. The zero-order chi connectivity index (χ0) is 19.6. The highest BCUT2D eigenvalue weighted by Crippen LogP contribution is 2.26. The fourth-order valence-corrected chi connectivity index (χ4v) is 3.24. The van der Waals surface area contributed by atoms with Gasteiger partial charge in [0.2, 0.25) is 5.91 Å². The molecule has 0 aromatic carbocycles. The van der Waals surface area contributed by atoms with Gasteiger partial charge in [-0.15, -0.1) is 11.6 Å². The van der Waals surface area contributed by atoms with E-state index in [9.17, 15) is 4.79 Å². The number of carbonyl (C=O) groups is 1. The number of nitrogens with zero attached hydrogens (tertiary/aromatic N) is 4. The maximum atomic E-state index is 11.6. The van der Waals surface area contributed by atoms with Crippen LogP contribution >= 0.6 is 23.4 Å². The van der Waals surface area contributed by atoms with Gasteiger partial charge in [-0.05, 0) is 6.92 Å². The van der Waals surface area contributed by atoms with Crippen LogP contribution in [0.2, 0.25) is 0 Å². The van der Waals surface area contributed by atoms with Gasteiger partial charge in [0.25, 0.3) is 0 Å². The maximum Gasteiger partial charge on any atom is 0.221 e. The molecule has 0 unspecified atom stereocenters. The van der Waals surface area contributed by atoms with Crippen LogP contribution in [0.1, 0.15) is 27.2 Å². The number of hydrogen-bond acceptors (Lipinski definition) is 7. The highest BCUT2D eigenvalue weighted by Gasteiger charge is 2.14. The second kappa shape index (κ2) is 11.3. The molecule has 0 saturated carbocycles. The summed E-state index contributed by atoms with van der Waals surface area (Å²) < 4.78 is 7.17. The van der Waals surface area contributed by atoms with Crippen LogP contribution in [0.15, 0.2) is 11.4 Å². The monoisotopic (exact) mass is 414 g/mol. The van der Waals surface area contributed by atoms with Crippen molar-refractivity contribution in [2.24, 2.45) is 0 Å². The first kappa shape index (κ1) is 21.7. The number of halogens is 1. The minimum absolute atomic E-state index is 0.0644. The van der Waals surface area contributed by atoms with Gasteiger partial charge in [0.1, 0.15) is 5.82 Å². The van der Waals surface area contributed by atoms with E-state index in [0.29, 0.717) is 55.6 Å². The lowest BCUT2D eigenvalue weighted by molar-refractivity contribution is -0.120. The van der Waals surface area contributed by atoms with Crippen molar-refractivity contribution in [3.63, 3.8) is 0 Å². The van der Waals surface area contributed by atoms with Crippen LogP contribution in [0.3, 0.4) is 0 Å². The summed E-state index contributed by atoms with van der Waals surface area (Å²) in [6.07, 6.45) is 2.06. The van der Waals surface area contributed by atoms with E-state index >= 15 is 0 Å². The normalized spacial score (nSPS) is 11.3. The Hall–Kier alpha value is -1.58. The number of carbonyl (C=O) groups excluding carboxylic acids is 1. The van der Waals surface area contributed by atoms with Crippen LogP contribution in [0.4, 0.5) is 5.82 Å². The summed E-state index contributed by atoms with van der Waals surface area (Å²) in [6.45, 7) is 9.11. The van der Waals surface area contributed by atoms with Crippen LogP contribution in [0.5, 0.6) is 0 Å². The lowest BCUT2D eigenvalue weighted by Crippen LogP contribution is -2.27. The van der Waals surface area contributed by atoms with Gasteiger partial charge >= 0.3 is 0 Å². The average molecular weight is 415 g/mol. The molecule has 0 aliphatic carbocycles. The molecular weight excluding hydrogens is 388 g/mol. The topological polar surface area (TPSA) is 94.0 Å². The maximum absolute atomic E-state index is 11.6. The van der Waals surface area contributed by atoms with E-state index < -0.39 is 0 Å². The van der Waals surface area contributed by atoms with E-state index in [1.165, 1.54) is 0 Å². The summed E-state index contributed by atoms with van der Waals surface area (Å²) in [5.41, 5.74) is 0.749. The van der Waals surface area contributed by atoms with E-state index in [4.69, 9.17) is 16.3 Å². The summed E-state index contributed by atoms with van der Waals surface area (Å²) >= 11 is 7.18. The van der Waals surface area contributed by atoms with E-state index in [2.05, 4.69) is 39.5 Å². The van der Waals surface area contributed by atoms with Gasteiger partial charge in [0.05, 0.1) is 24.7 Å². The summed E-state index contributed by atoms with van der Waals surface area (Å²) in [5.74, 6) is 1.00. The fraction of sp³-hybridized carbons (Fsp3) is 0.647. The number of rotatable bonds is 12. The number of thioether (sulfide) groups is 1. The van der Waals surface area contributed by atoms with Crippen molar-refractivity contribution in [3.8, 4) is 0 Å². The summed E-state index contributed by atoms with van der Waals surface area (Å²) in [6, 6.07) is 0. The summed E-state index contributed by atoms with van der Waals surface area (Å²) in [5, 5.41) is 12.5. The molecule has 150 valence electrons. The van der Waals surface area contributed by atoms with E-state index in [1.54, 1.807) is 22.6 Å². The largest absolute Gasteiger partial charge is 0.380 e. The molecule has 2 N–H and O–H groups in total. The van der Waals surface area contributed by atoms with Gasteiger partial charge in [-0.3, -0.25) is 4.79 Å². The highest BCUT2D eigenvalue weighted by atomic mass is 35.5. The number of fused-ring (bicyclic) bond motifs is 1. The number of alkyl halides is 1. The Morgan fingerprint density at radius 3 is 2.89 bits per heavy atom. The highest BCUT2D eigenvalue weighted by molar-refractivity contribution is 7.99. The Kier molecular flexibility index (Phi) is 9.09. The molecule has 0 aliphatic rings. The second-order valence-electron chi connectivity index (χ2n) is 6.04. The number of ether oxygens (including phenoxy) is 1. The number of aromatic nitrogens is 4. The molecule has 1 amide bonds. The van der Waals surface area contributed by atoms with Crippen molar-refractivity contribution in [2.45, 2.75) is 44.1 Å². The first-order chi connectivity index (χ1) is 13.0. The van der Waals surface area contributed by atoms with Crippen molar-refractivity contribution >= 4 is 46.1 Å². The predicted octanol–water partition coefficient (Wildman–Crippen LogP) is 2.52. The van der Waals surface area contributed by atoms with E-state index in [-0.39, 0.29) is 5.91 Å². The van der Waals surface area contributed by atoms with Crippen LogP contribution in [-0.2, 0) is 16.1 Å². The molecule has 0 saturated heterocycles. The first-order valence-corrected chi connectivity index (χ1v) is 10.5. The predicted molar refractivity (Wildman–Crippen MR) is 110 cm³/mol. The van der Waals surface area contributed by atoms with Crippen LogP contribution in [0, 0.1) is 0 Å². The molecule has 10 heteroatoms. The fourth-order valence-electron chi connectivity index (χ4n) is 2.36. The Morgan fingerprint density at radius 1 is 1.37 bits per heavy atom.